The maximum Gasteiger partial charge on any atom is 0.416 e. The third-order valence-electron chi connectivity index (χ3n) is 3.08. The van der Waals surface area contributed by atoms with Crippen LogP contribution in [-0.2, 0) is 12.6 Å². The van der Waals surface area contributed by atoms with Gasteiger partial charge in [-0.1, -0.05) is 0 Å². The zero-order valence-corrected chi connectivity index (χ0v) is 10.2. The second kappa shape index (κ2) is 5.18. The van der Waals surface area contributed by atoms with E-state index in [0.717, 1.165) is 25.5 Å². The van der Waals surface area contributed by atoms with Crippen molar-refractivity contribution in [3.05, 3.63) is 29.3 Å². The van der Waals surface area contributed by atoms with Crippen LogP contribution >= 0.6 is 0 Å². The van der Waals surface area contributed by atoms with Gasteiger partial charge in [0.2, 0.25) is 0 Å². The Morgan fingerprint density at radius 3 is 2.83 bits per heavy atom. The van der Waals surface area contributed by atoms with Gasteiger partial charge in [0.05, 0.1) is 5.56 Å². The normalized spacial score (nSPS) is 18.6. The van der Waals surface area contributed by atoms with Crippen molar-refractivity contribution in [1.82, 2.24) is 5.32 Å². The Morgan fingerprint density at radius 2 is 2.17 bits per heavy atom. The number of rotatable bonds is 4. The maximum absolute atomic E-state index is 12.6. The fourth-order valence-corrected chi connectivity index (χ4v) is 2.16. The number of nitrogens with one attached hydrogen (secondary N) is 1. The summed E-state index contributed by atoms with van der Waals surface area (Å²) in [7, 11) is 1.87. The highest BCUT2D eigenvalue weighted by molar-refractivity contribution is 5.41. The van der Waals surface area contributed by atoms with Gasteiger partial charge in [0.25, 0.3) is 0 Å². The van der Waals surface area contributed by atoms with Crippen molar-refractivity contribution in [3.63, 3.8) is 0 Å². The molecule has 0 saturated carbocycles. The Balaban J connectivity index is 2.02. The van der Waals surface area contributed by atoms with E-state index in [0.29, 0.717) is 17.7 Å². The number of benzene rings is 1. The molecule has 5 heteroatoms. The lowest BCUT2D eigenvalue weighted by molar-refractivity contribution is -0.137. The van der Waals surface area contributed by atoms with Crippen LogP contribution in [0.4, 0.5) is 13.2 Å². The topological polar surface area (TPSA) is 21.3 Å². The van der Waals surface area contributed by atoms with Crippen molar-refractivity contribution in [3.8, 4) is 5.75 Å². The zero-order chi connectivity index (χ0) is 13.2. The van der Waals surface area contributed by atoms with Crippen LogP contribution in [0.25, 0.3) is 0 Å². The summed E-state index contributed by atoms with van der Waals surface area (Å²) < 4.78 is 43.3. The van der Waals surface area contributed by atoms with Crippen molar-refractivity contribution < 1.29 is 17.9 Å². The molecule has 1 aromatic carbocycles. The van der Waals surface area contributed by atoms with E-state index in [-0.39, 0.29) is 6.10 Å². The molecule has 100 valence electrons. The summed E-state index contributed by atoms with van der Waals surface area (Å²) in [6, 6.07) is 3.71. The van der Waals surface area contributed by atoms with E-state index in [1.807, 2.05) is 7.05 Å². The van der Waals surface area contributed by atoms with Crippen molar-refractivity contribution in [2.45, 2.75) is 31.5 Å². The minimum absolute atomic E-state index is 0.0110. The van der Waals surface area contributed by atoms with Gasteiger partial charge in [-0.05, 0) is 50.2 Å². The minimum Gasteiger partial charge on any atom is -0.490 e. The average Bonchev–Trinajstić information content (AvgIpc) is 2.69. The van der Waals surface area contributed by atoms with E-state index in [1.165, 1.54) is 12.1 Å². The fourth-order valence-electron chi connectivity index (χ4n) is 2.16. The number of fused-ring (bicyclic) bond motifs is 1. The number of ether oxygens (including phenoxy) is 1. The summed E-state index contributed by atoms with van der Waals surface area (Å²) in [6.45, 7) is 0.893. The van der Waals surface area contributed by atoms with E-state index in [4.69, 9.17) is 4.74 Å². The fraction of sp³-hybridized carbons (Fsp3) is 0.538. The lowest BCUT2D eigenvalue weighted by Crippen LogP contribution is -2.16. The third kappa shape index (κ3) is 2.96. The summed E-state index contributed by atoms with van der Waals surface area (Å²) in [5.41, 5.74) is 0.0695. The number of alkyl halides is 3. The molecule has 1 N–H and O–H groups in total. The molecule has 0 radical (unpaired) electrons. The Hall–Kier alpha value is -1.23. The number of hydrogen-bond donors (Lipinski definition) is 1. The van der Waals surface area contributed by atoms with Gasteiger partial charge in [-0.15, -0.1) is 0 Å². The maximum atomic E-state index is 12.6. The van der Waals surface area contributed by atoms with Crippen LogP contribution in [0.15, 0.2) is 18.2 Å². The lowest BCUT2D eigenvalue weighted by Gasteiger charge is -2.09. The second-order valence-electron chi connectivity index (χ2n) is 4.51. The molecule has 1 aliphatic rings. The summed E-state index contributed by atoms with van der Waals surface area (Å²) in [5, 5.41) is 3.04. The summed E-state index contributed by atoms with van der Waals surface area (Å²) in [4.78, 5) is 0. The molecule has 2 nitrogen and oxygen atoms in total. The molecule has 0 aliphatic carbocycles. The van der Waals surface area contributed by atoms with Crippen LogP contribution in [0.1, 0.15) is 24.0 Å². The van der Waals surface area contributed by atoms with Crippen LogP contribution in [-0.4, -0.2) is 19.7 Å². The minimum atomic E-state index is -4.28. The molecule has 18 heavy (non-hydrogen) atoms. The van der Waals surface area contributed by atoms with E-state index < -0.39 is 11.7 Å². The molecule has 0 saturated heterocycles. The van der Waals surface area contributed by atoms with Gasteiger partial charge in [-0.3, -0.25) is 0 Å². The van der Waals surface area contributed by atoms with Gasteiger partial charge in [-0.2, -0.15) is 13.2 Å². The molecule has 0 bridgehead atoms. The highest BCUT2D eigenvalue weighted by Gasteiger charge is 2.33. The molecule has 0 fully saturated rings. The highest BCUT2D eigenvalue weighted by atomic mass is 19.4. The van der Waals surface area contributed by atoms with Crippen LogP contribution in [0.2, 0.25) is 0 Å². The monoisotopic (exact) mass is 259 g/mol. The van der Waals surface area contributed by atoms with Crippen LogP contribution in [0.5, 0.6) is 5.75 Å². The van der Waals surface area contributed by atoms with E-state index in [2.05, 4.69) is 5.32 Å². The smallest absolute Gasteiger partial charge is 0.416 e. The van der Waals surface area contributed by atoms with Gasteiger partial charge in [0.15, 0.2) is 0 Å². The summed E-state index contributed by atoms with van der Waals surface area (Å²) in [6.07, 6.45) is -1.88. The van der Waals surface area contributed by atoms with Gasteiger partial charge >= 0.3 is 6.18 Å². The van der Waals surface area contributed by atoms with Crippen LogP contribution < -0.4 is 10.1 Å². The Labute approximate surface area is 104 Å². The van der Waals surface area contributed by atoms with Crippen molar-refractivity contribution in [2.75, 3.05) is 13.6 Å². The van der Waals surface area contributed by atoms with Crippen LogP contribution in [0.3, 0.4) is 0 Å². The molecule has 1 aromatic rings. The van der Waals surface area contributed by atoms with Crippen LogP contribution in [0, 0.1) is 0 Å². The molecular formula is C13H16F3NO. The van der Waals surface area contributed by atoms with Crippen molar-refractivity contribution in [2.24, 2.45) is 0 Å². The van der Waals surface area contributed by atoms with Gasteiger partial charge in [0.1, 0.15) is 11.9 Å². The zero-order valence-electron chi connectivity index (χ0n) is 10.2. The molecule has 1 heterocycles. The quantitative estimate of drug-likeness (QED) is 0.839. The van der Waals surface area contributed by atoms with Crippen molar-refractivity contribution in [1.29, 1.82) is 0 Å². The molecule has 1 atom stereocenters. The van der Waals surface area contributed by atoms with E-state index in [1.54, 1.807) is 0 Å². The number of halogens is 3. The highest BCUT2D eigenvalue weighted by Crippen LogP contribution is 2.36. The Morgan fingerprint density at radius 1 is 1.39 bits per heavy atom. The second-order valence-corrected chi connectivity index (χ2v) is 4.51. The Kier molecular flexibility index (Phi) is 3.80. The van der Waals surface area contributed by atoms with Gasteiger partial charge < -0.3 is 10.1 Å². The van der Waals surface area contributed by atoms with E-state index >= 15 is 0 Å². The molecule has 1 unspecified atom stereocenters. The van der Waals surface area contributed by atoms with Gasteiger partial charge in [0, 0.05) is 6.42 Å². The average molecular weight is 259 g/mol. The molecule has 1 aliphatic heterocycles. The first-order valence-corrected chi connectivity index (χ1v) is 6.02. The largest absolute Gasteiger partial charge is 0.490 e. The van der Waals surface area contributed by atoms with Gasteiger partial charge in [-0.25, -0.2) is 0 Å². The van der Waals surface area contributed by atoms with Crippen molar-refractivity contribution >= 4 is 0 Å². The summed E-state index contributed by atoms with van der Waals surface area (Å²) >= 11 is 0. The summed E-state index contributed by atoms with van der Waals surface area (Å²) in [5.74, 6) is 0.595. The molecule has 0 aromatic heterocycles. The SMILES string of the molecule is CNCCCC1Cc2cc(C(F)(F)F)ccc2O1. The molecule has 2 rings (SSSR count). The first-order chi connectivity index (χ1) is 8.50. The standard InChI is InChI=1S/C13H16F3NO/c1-17-6-2-3-11-8-9-7-10(13(14,15)16)4-5-12(9)18-11/h4-5,7,11,17H,2-3,6,8H2,1H3. The molecule has 0 spiro atoms. The third-order valence-corrected chi connectivity index (χ3v) is 3.08. The number of hydrogen-bond acceptors (Lipinski definition) is 2. The van der Waals surface area contributed by atoms with E-state index in [9.17, 15) is 13.2 Å². The first-order valence-electron chi connectivity index (χ1n) is 6.02. The Bertz CT molecular complexity index is 417. The first kappa shape index (κ1) is 13.2. The predicted octanol–water partition coefficient (Wildman–Crippen LogP) is 3.01. The molecule has 0 amide bonds. The molecular weight excluding hydrogens is 243 g/mol. The predicted molar refractivity (Wildman–Crippen MR) is 62.7 cm³/mol. The lowest BCUT2D eigenvalue weighted by atomic mass is 10.0.